The summed E-state index contributed by atoms with van der Waals surface area (Å²) in [7, 11) is 1.63. The Balaban J connectivity index is 3.82. The lowest BCUT2D eigenvalue weighted by Crippen LogP contribution is -2.46. The highest BCUT2D eigenvalue weighted by Gasteiger charge is 2.28. The number of carbonyl (C=O) groups is 1. The molecule has 0 spiro atoms. The van der Waals surface area contributed by atoms with Crippen LogP contribution >= 0.6 is 7.82 Å². The van der Waals surface area contributed by atoms with E-state index in [1.165, 1.54) is 205 Å². The fourth-order valence-corrected chi connectivity index (χ4v) is 10.3. The lowest BCUT2D eigenvalue weighted by atomic mass is 10.0. The van der Waals surface area contributed by atoms with E-state index in [1.807, 2.05) is 21.1 Å². The van der Waals surface area contributed by atoms with Gasteiger partial charge < -0.3 is 19.8 Å². The third-order valence-corrected chi connectivity index (χ3v) is 15.5. The second-order valence-electron chi connectivity index (χ2n) is 23.1. The van der Waals surface area contributed by atoms with Crippen LogP contribution in [-0.4, -0.2) is 73.4 Å². The van der Waals surface area contributed by atoms with Crippen LogP contribution in [-0.2, 0) is 18.4 Å². The van der Waals surface area contributed by atoms with E-state index in [4.69, 9.17) is 9.05 Å². The maximum Gasteiger partial charge on any atom is 0.472 e. The van der Waals surface area contributed by atoms with Gasteiger partial charge >= 0.3 is 7.82 Å². The van der Waals surface area contributed by atoms with Gasteiger partial charge in [0.1, 0.15) is 13.2 Å². The molecule has 0 aliphatic heterocycles. The van der Waals surface area contributed by atoms with Crippen molar-refractivity contribution in [1.82, 2.24) is 5.32 Å². The molecule has 3 atom stereocenters. The van der Waals surface area contributed by atoms with E-state index in [1.54, 1.807) is 0 Å². The molecular formula is C66H126N2O6P+. The Morgan fingerprint density at radius 3 is 1.17 bits per heavy atom. The highest BCUT2D eigenvalue weighted by Crippen LogP contribution is 2.43. The van der Waals surface area contributed by atoms with E-state index in [-0.39, 0.29) is 19.1 Å². The van der Waals surface area contributed by atoms with Crippen LogP contribution in [0, 0.1) is 0 Å². The molecule has 0 saturated carbocycles. The number of allylic oxidation sites excluding steroid dienone is 10. The fraction of sp³-hybridized carbons (Fsp3) is 0.833. The summed E-state index contributed by atoms with van der Waals surface area (Å²) in [5, 5.41) is 14.0. The van der Waals surface area contributed by atoms with E-state index in [2.05, 4.69) is 79.9 Å². The predicted octanol–water partition coefficient (Wildman–Crippen LogP) is 20.0. The number of carbonyl (C=O) groups excluding carboxylic acids is 1. The first kappa shape index (κ1) is 73.2. The van der Waals surface area contributed by atoms with Gasteiger partial charge in [0.2, 0.25) is 5.91 Å². The lowest BCUT2D eigenvalue weighted by Gasteiger charge is -2.26. The van der Waals surface area contributed by atoms with Gasteiger partial charge in [0.25, 0.3) is 0 Å². The van der Waals surface area contributed by atoms with Gasteiger partial charge in [0, 0.05) is 6.42 Å². The summed E-state index contributed by atoms with van der Waals surface area (Å²) in [5.41, 5.74) is 0. The maximum atomic E-state index is 13.0. The highest BCUT2D eigenvalue weighted by atomic mass is 31.2. The Hall–Kier alpha value is -1.80. The Bertz CT molecular complexity index is 1400. The van der Waals surface area contributed by atoms with Gasteiger partial charge in [-0.1, -0.05) is 299 Å². The Kier molecular flexibility index (Phi) is 55.5. The van der Waals surface area contributed by atoms with Crippen LogP contribution in [0.3, 0.4) is 0 Å². The molecular weight excluding hydrogens is 948 g/mol. The van der Waals surface area contributed by atoms with Crippen molar-refractivity contribution in [3.63, 3.8) is 0 Å². The SMILES string of the molecule is CC/C=C\C/C=C\C/C=C\C/C=C\C/C=C\CCCCCCCCCCCCCCCCCCCCCCCCCCCC(=O)NC(COP(=O)(O)OCC[N+](C)(C)C)C(O)CCCCCCCCCCCCCC. The van der Waals surface area contributed by atoms with Gasteiger partial charge in [-0.15, -0.1) is 0 Å². The topological polar surface area (TPSA) is 105 Å². The molecule has 0 aliphatic rings. The molecule has 9 heteroatoms. The second kappa shape index (κ2) is 56.9. The van der Waals surface area contributed by atoms with Crippen molar-refractivity contribution in [2.24, 2.45) is 0 Å². The van der Waals surface area contributed by atoms with E-state index < -0.39 is 20.0 Å². The summed E-state index contributed by atoms with van der Waals surface area (Å²) < 4.78 is 23.8. The lowest BCUT2D eigenvalue weighted by molar-refractivity contribution is -0.870. The molecule has 1 amide bonds. The largest absolute Gasteiger partial charge is 0.472 e. The van der Waals surface area contributed by atoms with Crippen LogP contribution in [0.15, 0.2) is 60.8 Å². The number of amides is 1. The smallest absolute Gasteiger partial charge is 0.391 e. The number of hydrogen-bond donors (Lipinski definition) is 3. The zero-order chi connectivity index (χ0) is 54.9. The maximum absolute atomic E-state index is 13.0. The molecule has 3 N–H and O–H groups in total. The summed E-state index contributed by atoms with van der Waals surface area (Å²) in [6.07, 6.45) is 77.5. The van der Waals surface area contributed by atoms with Crippen molar-refractivity contribution in [3.8, 4) is 0 Å². The van der Waals surface area contributed by atoms with Gasteiger partial charge in [0.05, 0.1) is 39.9 Å². The molecule has 0 aromatic rings. The third kappa shape index (κ3) is 59.7. The Labute approximate surface area is 466 Å². The Morgan fingerprint density at radius 2 is 0.800 bits per heavy atom. The average Bonchev–Trinajstić information content (AvgIpc) is 3.37. The molecule has 0 fully saturated rings. The molecule has 3 unspecified atom stereocenters. The van der Waals surface area contributed by atoms with Crippen molar-refractivity contribution in [2.45, 2.75) is 315 Å². The monoisotopic (exact) mass is 1070 g/mol. The van der Waals surface area contributed by atoms with E-state index in [0.29, 0.717) is 23.9 Å². The normalized spacial score (nSPS) is 14.2. The number of unbranched alkanes of at least 4 members (excludes halogenated alkanes) is 36. The number of aliphatic hydroxyl groups excluding tert-OH is 1. The molecule has 0 radical (unpaired) electrons. The zero-order valence-electron chi connectivity index (χ0n) is 50.3. The fourth-order valence-electron chi connectivity index (χ4n) is 9.55. The summed E-state index contributed by atoms with van der Waals surface area (Å²) in [6.45, 7) is 4.79. The second-order valence-corrected chi connectivity index (χ2v) is 24.6. The van der Waals surface area contributed by atoms with Crippen LogP contribution in [0.2, 0.25) is 0 Å². The molecule has 0 heterocycles. The molecule has 0 bridgehead atoms. The molecule has 0 aromatic carbocycles. The van der Waals surface area contributed by atoms with Gasteiger partial charge in [-0.2, -0.15) is 0 Å². The zero-order valence-corrected chi connectivity index (χ0v) is 51.2. The van der Waals surface area contributed by atoms with E-state index >= 15 is 0 Å². The summed E-state index contributed by atoms with van der Waals surface area (Å²) >= 11 is 0. The number of rotatable bonds is 59. The minimum atomic E-state index is -4.32. The van der Waals surface area contributed by atoms with Crippen LogP contribution in [0.1, 0.15) is 303 Å². The number of nitrogens with one attached hydrogen (secondary N) is 1. The van der Waals surface area contributed by atoms with Gasteiger partial charge in [-0.25, -0.2) is 4.57 Å². The van der Waals surface area contributed by atoms with Crippen LogP contribution in [0.25, 0.3) is 0 Å². The van der Waals surface area contributed by atoms with Gasteiger partial charge in [-0.3, -0.25) is 13.8 Å². The number of phosphoric ester groups is 1. The van der Waals surface area contributed by atoms with Gasteiger partial charge in [-0.05, 0) is 57.8 Å². The van der Waals surface area contributed by atoms with Crippen molar-refractivity contribution in [2.75, 3.05) is 40.9 Å². The number of quaternary nitrogens is 1. The van der Waals surface area contributed by atoms with Crippen LogP contribution in [0.4, 0.5) is 0 Å². The molecule has 0 aromatic heterocycles. The summed E-state index contributed by atoms with van der Waals surface area (Å²) in [5.74, 6) is -0.140. The quantitative estimate of drug-likeness (QED) is 0.0243. The first-order valence-electron chi connectivity index (χ1n) is 32.2. The third-order valence-electron chi connectivity index (χ3n) is 14.5. The summed E-state index contributed by atoms with van der Waals surface area (Å²) in [6, 6.07) is -0.758. The van der Waals surface area contributed by atoms with E-state index in [0.717, 1.165) is 70.6 Å². The number of hydrogen-bond acceptors (Lipinski definition) is 5. The summed E-state index contributed by atoms with van der Waals surface area (Å²) in [4.78, 5) is 23.3. The molecule has 0 saturated heterocycles. The molecule has 75 heavy (non-hydrogen) atoms. The minimum absolute atomic E-state index is 0.0760. The minimum Gasteiger partial charge on any atom is -0.391 e. The number of likely N-dealkylation sites (N-methyl/N-ethyl adjacent to an activating group) is 1. The first-order valence-corrected chi connectivity index (χ1v) is 33.6. The van der Waals surface area contributed by atoms with Crippen molar-refractivity contribution in [3.05, 3.63) is 60.8 Å². The number of aliphatic hydroxyl groups is 1. The van der Waals surface area contributed by atoms with Crippen molar-refractivity contribution < 1.29 is 32.9 Å². The van der Waals surface area contributed by atoms with E-state index in [9.17, 15) is 19.4 Å². The highest BCUT2D eigenvalue weighted by molar-refractivity contribution is 7.47. The molecule has 0 aliphatic carbocycles. The number of phosphoric acid groups is 1. The van der Waals surface area contributed by atoms with Crippen LogP contribution < -0.4 is 5.32 Å². The molecule has 0 rings (SSSR count). The predicted molar refractivity (Wildman–Crippen MR) is 327 cm³/mol. The first-order chi connectivity index (χ1) is 36.5. The van der Waals surface area contributed by atoms with Crippen molar-refractivity contribution in [1.29, 1.82) is 0 Å². The standard InChI is InChI=1S/C66H125N2O6P/c1-6-8-10-12-14-16-18-20-21-22-23-24-25-26-27-28-29-30-31-32-33-34-35-36-37-38-39-40-41-42-43-44-45-46-47-48-50-52-54-56-58-60-66(70)67-64(63-74-75(71,72)73-62-61-68(3,4)5)65(69)59-57-55-53-51-49-19-17-15-13-11-9-7-2/h8,10,14,16,20-21,23-24,26-27,64-65,69H,6-7,9,11-13,15,17-19,22,25,28-63H2,1-5H3,(H-,67,70,71,72)/p+1/b10-8-,16-14-,21-20-,24-23-,27-26-. The van der Waals surface area contributed by atoms with Crippen molar-refractivity contribution >= 4 is 13.7 Å². The molecule has 440 valence electrons. The average molecular weight is 1070 g/mol. The molecule has 8 nitrogen and oxygen atoms in total. The van der Waals surface area contributed by atoms with Gasteiger partial charge in [0.15, 0.2) is 0 Å². The number of nitrogens with zero attached hydrogens (tertiary/aromatic N) is 1. The van der Waals surface area contributed by atoms with Crippen LogP contribution in [0.5, 0.6) is 0 Å². The Morgan fingerprint density at radius 1 is 0.467 bits per heavy atom.